The summed E-state index contributed by atoms with van der Waals surface area (Å²) in [6.07, 6.45) is 2.00. The van der Waals surface area contributed by atoms with Gasteiger partial charge in [-0.2, -0.15) is 0 Å². The van der Waals surface area contributed by atoms with E-state index in [9.17, 15) is 4.79 Å². The Morgan fingerprint density at radius 1 is 1.17 bits per heavy atom. The third kappa shape index (κ3) is 5.63. The molecular weight excluding hydrogens is 296 g/mol. The van der Waals surface area contributed by atoms with Crippen molar-refractivity contribution in [2.75, 3.05) is 38.3 Å². The van der Waals surface area contributed by atoms with Gasteiger partial charge < -0.3 is 24.8 Å². The van der Waals surface area contributed by atoms with Crippen molar-refractivity contribution in [3.8, 4) is 11.5 Å². The van der Waals surface area contributed by atoms with Crippen LogP contribution in [0.15, 0.2) is 18.2 Å². The Morgan fingerprint density at radius 3 is 2.57 bits per heavy atom. The first-order chi connectivity index (χ1) is 11.2. The Kier molecular flexibility index (Phi) is 7.00. The number of ether oxygens (including phenoxy) is 3. The first-order valence-electron chi connectivity index (χ1n) is 8.25. The summed E-state index contributed by atoms with van der Waals surface area (Å²) in [6.45, 7) is 7.18. The smallest absolute Gasteiger partial charge is 0.319 e. The first-order valence-corrected chi connectivity index (χ1v) is 8.25. The molecule has 0 aliphatic carbocycles. The van der Waals surface area contributed by atoms with Crippen molar-refractivity contribution in [3.63, 3.8) is 0 Å². The molecule has 0 atom stereocenters. The van der Waals surface area contributed by atoms with Crippen LogP contribution in [0.5, 0.6) is 11.5 Å². The van der Waals surface area contributed by atoms with E-state index in [4.69, 9.17) is 14.2 Å². The molecule has 6 heteroatoms. The summed E-state index contributed by atoms with van der Waals surface area (Å²) in [5, 5.41) is 5.75. The molecule has 1 aliphatic heterocycles. The van der Waals surface area contributed by atoms with E-state index >= 15 is 0 Å². The zero-order chi connectivity index (χ0) is 16.5. The van der Waals surface area contributed by atoms with E-state index in [1.807, 2.05) is 26.0 Å². The summed E-state index contributed by atoms with van der Waals surface area (Å²) >= 11 is 0. The van der Waals surface area contributed by atoms with Crippen molar-refractivity contribution in [3.05, 3.63) is 18.2 Å². The van der Waals surface area contributed by atoms with Gasteiger partial charge in [0.15, 0.2) is 11.5 Å². The maximum Gasteiger partial charge on any atom is 0.319 e. The number of rotatable bonds is 7. The zero-order valence-corrected chi connectivity index (χ0v) is 13.9. The van der Waals surface area contributed by atoms with Crippen LogP contribution >= 0.6 is 0 Å². The molecule has 23 heavy (non-hydrogen) atoms. The highest BCUT2D eigenvalue weighted by atomic mass is 16.5. The maximum absolute atomic E-state index is 12.0. The lowest BCUT2D eigenvalue weighted by molar-refractivity contribution is 0.0671. The van der Waals surface area contributed by atoms with Gasteiger partial charge >= 0.3 is 6.03 Å². The summed E-state index contributed by atoms with van der Waals surface area (Å²) in [7, 11) is 0. The van der Waals surface area contributed by atoms with Crippen LogP contribution in [0.1, 0.15) is 26.7 Å². The molecule has 6 nitrogen and oxygen atoms in total. The highest BCUT2D eigenvalue weighted by Gasteiger charge is 2.15. The van der Waals surface area contributed by atoms with Gasteiger partial charge in [0, 0.05) is 31.5 Å². The molecule has 1 heterocycles. The van der Waals surface area contributed by atoms with E-state index in [0.29, 0.717) is 42.9 Å². The fourth-order valence-electron chi connectivity index (χ4n) is 2.49. The average Bonchev–Trinajstić information content (AvgIpc) is 2.57. The number of urea groups is 1. The van der Waals surface area contributed by atoms with Crippen molar-refractivity contribution in [1.82, 2.24) is 5.32 Å². The SMILES string of the molecule is CCOc1ccc(NC(=O)NCC2CCOCC2)cc1OCC. The predicted octanol–water partition coefficient (Wildman–Crippen LogP) is 3.03. The molecule has 1 aromatic rings. The maximum atomic E-state index is 12.0. The normalized spacial score (nSPS) is 15.0. The molecule has 0 bridgehead atoms. The minimum Gasteiger partial charge on any atom is -0.490 e. The summed E-state index contributed by atoms with van der Waals surface area (Å²) in [5.74, 6) is 1.81. The predicted molar refractivity (Wildman–Crippen MR) is 89.3 cm³/mol. The number of benzene rings is 1. The Hall–Kier alpha value is -1.95. The number of hydrogen-bond acceptors (Lipinski definition) is 4. The summed E-state index contributed by atoms with van der Waals surface area (Å²) < 4.78 is 16.4. The van der Waals surface area contributed by atoms with Crippen molar-refractivity contribution in [2.24, 2.45) is 5.92 Å². The van der Waals surface area contributed by atoms with E-state index in [-0.39, 0.29) is 6.03 Å². The summed E-state index contributed by atoms with van der Waals surface area (Å²) in [5.41, 5.74) is 0.682. The lowest BCUT2D eigenvalue weighted by atomic mass is 10.0. The topological polar surface area (TPSA) is 68.8 Å². The van der Waals surface area contributed by atoms with Gasteiger partial charge in [-0.05, 0) is 44.7 Å². The van der Waals surface area contributed by atoms with Crippen LogP contribution < -0.4 is 20.1 Å². The zero-order valence-electron chi connectivity index (χ0n) is 13.9. The molecule has 1 aromatic carbocycles. The van der Waals surface area contributed by atoms with Crippen LogP contribution in [0.2, 0.25) is 0 Å². The molecule has 2 N–H and O–H groups in total. The standard InChI is InChI=1S/C17H26N2O4/c1-3-22-15-6-5-14(11-16(15)23-4-2)19-17(20)18-12-13-7-9-21-10-8-13/h5-6,11,13H,3-4,7-10,12H2,1-2H3,(H2,18,19,20). The molecule has 0 aromatic heterocycles. The number of hydrogen-bond donors (Lipinski definition) is 2. The first kappa shape index (κ1) is 17.4. The Bertz CT molecular complexity index is 501. The lowest BCUT2D eigenvalue weighted by Gasteiger charge is -2.22. The van der Waals surface area contributed by atoms with Crippen molar-refractivity contribution in [2.45, 2.75) is 26.7 Å². The molecular formula is C17H26N2O4. The van der Waals surface area contributed by atoms with Gasteiger partial charge in [0.05, 0.1) is 13.2 Å². The van der Waals surface area contributed by atoms with Gasteiger partial charge in [-0.3, -0.25) is 0 Å². The third-order valence-corrected chi connectivity index (χ3v) is 3.69. The molecule has 1 aliphatic rings. The van der Waals surface area contributed by atoms with Crippen LogP contribution in [0, 0.1) is 5.92 Å². The van der Waals surface area contributed by atoms with Gasteiger partial charge in [0.25, 0.3) is 0 Å². The van der Waals surface area contributed by atoms with E-state index in [2.05, 4.69) is 10.6 Å². The second-order valence-corrected chi connectivity index (χ2v) is 5.42. The number of anilines is 1. The van der Waals surface area contributed by atoms with Gasteiger partial charge in [-0.1, -0.05) is 0 Å². The minimum atomic E-state index is -0.205. The molecule has 1 saturated heterocycles. The van der Waals surface area contributed by atoms with Gasteiger partial charge in [0.1, 0.15) is 0 Å². The summed E-state index contributed by atoms with van der Waals surface area (Å²) in [4.78, 5) is 12.0. The fourth-order valence-corrected chi connectivity index (χ4v) is 2.49. The van der Waals surface area contributed by atoms with Crippen molar-refractivity contribution >= 4 is 11.7 Å². The van der Waals surface area contributed by atoms with Gasteiger partial charge in [0.2, 0.25) is 0 Å². The molecule has 1 fully saturated rings. The monoisotopic (exact) mass is 322 g/mol. The quantitative estimate of drug-likeness (QED) is 0.809. The van der Waals surface area contributed by atoms with Crippen LogP contribution in [0.4, 0.5) is 10.5 Å². The number of carbonyl (C=O) groups excluding carboxylic acids is 1. The Labute approximate surface area is 137 Å². The second kappa shape index (κ2) is 9.25. The number of carbonyl (C=O) groups is 1. The number of amides is 2. The van der Waals surface area contributed by atoms with Crippen LogP contribution in [-0.4, -0.2) is 39.0 Å². The lowest BCUT2D eigenvalue weighted by Crippen LogP contribution is -2.35. The molecule has 0 saturated carbocycles. The third-order valence-electron chi connectivity index (χ3n) is 3.69. The highest BCUT2D eigenvalue weighted by Crippen LogP contribution is 2.30. The van der Waals surface area contributed by atoms with Crippen LogP contribution in [0.25, 0.3) is 0 Å². The molecule has 0 spiro atoms. The Morgan fingerprint density at radius 2 is 1.87 bits per heavy atom. The van der Waals surface area contributed by atoms with Crippen molar-refractivity contribution in [1.29, 1.82) is 0 Å². The van der Waals surface area contributed by atoms with E-state index in [1.54, 1.807) is 6.07 Å². The average molecular weight is 322 g/mol. The Balaban J connectivity index is 1.87. The minimum absolute atomic E-state index is 0.205. The van der Waals surface area contributed by atoms with E-state index in [1.165, 1.54) is 0 Å². The summed E-state index contributed by atoms with van der Waals surface area (Å²) in [6, 6.07) is 5.19. The molecule has 2 rings (SSSR count). The highest BCUT2D eigenvalue weighted by molar-refractivity contribution is 5.89. The van der Waals surface area contributed by atoms with Crippen LogP contribution in [0.3, 0.4) is 0 Å². The molecule has 2 amide bonds. The molecule has 0 unspecified atom stereocenters. The van der Waals surface area contributed by atoms with E-state index < -0.39 is 0 Å². The second-order valence-electron chi connectivity index (χ2n) is 5.42. The van der Waals surface area contributed by atoms with Crippen LogP contribution in [-0.2, 0) is 4.74 Å². The van der Waals surface area contributed by atoms with E-state index in [0.717, 1.165) is 26.1 Å². The fraction of sp³-hybridized carbons (Fsp3) is 0.588. The van der Waals surface area contributed by atoms with Gasteiger partial charge in [-0.15, -0.1) is 0 Å². The van der Waals surface area contributed by atoms with Crippen molar-refractivity contribution < 1.29 is 19.0 Å². The largest absolute Gasteiger partial charge is 0.490 e. The van der Waals surface area contributed by atoms with Gasteiger partial charge in [-0.25, -0.2) is 4.79 Å². The number of nitrogens with one attached hydrogen (secondary N) is 2. The molecule has 128 valence electrons. The molecule has 0 radical (unpaired) electrons.